The van der Waals surface area contributed by atoms with Crippen LogP contribution in [0.3, 0.4) is 0 Å². The number of hydrogen-bond donors (Lipinski definition) is 2. The first kappa shape index (κ1) is 30.3. The van der Waals surface area contributed by atoms with Gasteiger partial charge in [0.25, 0.3) is 5.91 Å². The predicted molar refractivity (Wildman–Crippen MR) is 158 cm³/mol. The van der Waals surface area contributed by atoms with Crippen LogP contribution in [-0.4, -0.2) is 128 Å². The van der Waals surface area contributed by atoms with Crippen LogP contribution in [0.25, 0.3) is 0 Å². The SMILES string of the molecule is CN1CCC(N2CC[C@H]3CC(=O)N(C)CC(=O)N[C@@H]4C[C@@H](C(=O)NCC[C@H]3C2)N(C(=O)COc2ccccc2)C4)CC1. The molecule has 4 atom stereocenters. The van der Waals surface area contributed by atoms with Crippen LogP contribution in [-0.2, 0) is 19.2 Å². The number of hydrogen-bond acceptors (Lipinski definition) is 7. The Bertz CT molecular complexity index is 1110. The Morgan fingerprint density at radius 1 is 0.952 bits per heavy atom. The molecule has 5 rings (SSSR count). The van der Waals surface area contributed by atoms with Crippen LogP contribution >= 0.6 is 0 Å². The second-order valence-electron chi connectivity index (χ2n) is 12.5. The molecule has 0 spiro atoms. The first-order valence-corrected chi connectivity index (χ1v) is 15.5. The smallest absolute Gasteiger partial charge is 0.261 e. The van der Waals surface area contributed by atoms with Gasteiger partial charge in [-0.3, -0.25) is 24.1 Å². The minimum Gasteiger partial charge on any atom is -0.484 e. The van der Waals surface area contributed by atoms with E-state index in [2.05, 4.69) is 27.5 Å². The van der Waals surface area contributed by atoms with E-state index in [-0.39, 0.29) is 61.2 Å². The third kappa shape index (κ3) is 7.60. The summed E-state index contributed by atoms with van der Waals surface area (Å²) < 4.78 is 5.67. The molecule has 1 aromatic rings. The molecule has 4 amide bonds. The minimum atomic E-state index is -0.690. The minimum absolute atomic E-state index is 0.0223. The van der Waals surface area contributed by atoms with Gasteiger partial charge in [-0.15, -0.1) is 0 Å². The van der Waals surface area contributed by atoms with E-state index in [0.717, 1.165) is 51.9 Å². The Morgan fingerprint density at radius 2 is 1.71 bits per heavy atom. The molecule has 11 nitrogen and oxygen atoms in total. The van der Waals surface area contributed by atoms with Crippen LogP contribution in [0.4, 0.5) is 0 Å². The second-order valence-corrected chi connectivity index (χ2v) is 12.5. The maximum Gasteiger partial charge on any atom is 0.261 e. The van der Waals surface area contributed by atoms with Crippen molar-refractivity contribution >= 4 is 23.6 Å². The number of carbonyl (C=O) groups excluding carboxylic acids is 4. The molecule has 4 aliphatic rings. The second kappa shape index (κ2) is 13.9. The van der Waals surface area contributed by atoms with Crippen LogP contribution in [0.15, 0.2) is 30.3 Å². The average Bonchev–Trinajstić information content (AvgIpc) is 3.40. The molecule has 4 saturated heterocycles. The van der Waals surface area contributed by atoms with Gasteiger partial charge in [0.15, 0.2) is 6.61 Å². The van der Waals surface area contributed by atoms with Crippen molar-refractivity contribution < 1.29 is 23.9 Å². The summed E-state index contributed by atoms with van der Waals surface area (Å²) in [5, 5.41) is 6.05. The first-order chi connectivity index (χ1) is 20.3. The van der Waals surface area contributed by atoms with E-state index < -0.39 is 6.04 Å². The maximum atomic E-state index is 13.5. The summed E-state index contributed by atoms with van der Waals surface area (Å²) in [4.78, 5) is 60.8. The molecular weight excluding hydrogens is 536 g/mol. The van der Waals surface area contributed by atoms with Crippen molar-refractivity contribution in [3.05, 3.63) is 30.3 Å². The van der Waals surface area contributed by atoms with Crippen LogP contribution in [0, 0.1) is 11.8 Å². The Hall–Kier alpha value is -3.18. The monoisotopic (exact) mass is 582 g/mol. The van der Waals surface area contributed by atoms with Gasteiger partial charge < -0.3 is 30.1 Å². The zero-order chi connectivity index (χ0) is 29.6. The van der Waals surface area contributed by atoms with E-state index in [4.69, 9.17) is 4.74 Å². The number of carbonyl (C=O) groups is 4. The van der Waals surface area contributed by atoms with E-state index in [1.807, 2.05) is 18.2 Å². The van der Waals surface area contributed by atoms with E-state index in [1.165, 1.54) is 9.80 Å². The Balaban J connectivity index is 1.27. The molecule has 1 aromatic carbocycles. The normalized spacial score (nSPS) is 29.2. The van der Waals surface area contributed by atoms with Gasteiger partial charge in [-0.2, -0.15) is 0 Å². The maximum absolute atomic E-state index is 13.5. The lowest BCUT2D eigenvalue weighted by atomic mass is 9.80. The summed E-state index contributed by atoms with van der Waals surface area (Å²) in [6, 6.07) is 8.57. The van der Waals surface area contributed by atoms with Crippen molar-refractivity contribution in [2.24, 2.45) is 11.8 Å². The lowest BCUT2D eigenvalue weighted by Gasteiger charge is -2.45. The first-order valence-electron chi connectivity index (χ1n) is 15.5. The van der Waals surface area contributed by atoms with Gasteiger partial charge in [0.2, 0.25) is 17.7 Å². The standard InChI is InChI=1S/C31H46N6O5/c1-34-13-10-25(11-14-34)36-15-9-22-16-29(39)35(2)20-28(38)33-24-17-27(31(41)32-12-8-23(22)18-36)37(19-24)30(40)21-42-26-6-4-3-5-7-26/h3-7,22-25,27H,8-21H2,1-2H3,(H,32,41)(H,33,38)/t22-,23-,24+,27-/m0/s1. The Labute approximate surface area is 248 Å². The summed E-state index contributed by atoms with van der Waals surface area (Å²) in [6.07, 6.45) is 4.76. The molecule has 0 aliphatic carbocycles. The Morgan fingerprint density at radius 3 is 2.48 bits per heavy atom. The fourth-order valence-electron chi connectivity index (χ4n) is 7.06. The molecule has 0 radical (unpaired) electrons. The summed E-state index contributed by atoms with van der Waals surface area (Å²) in [5.74, 6) is 0.238. The van der Waals surface area contributed by atoms with Gasteiger partial charge in [-0.25, -0.2) is 0 Å². The van der Waals surface area contributed by atoms with E-state index in [9.17, 15) is 19.2 Å². The van der Waals surface area contributed by atoms with Gasteiger partial charge in [0.1, 0.15) is 11.8 Å². The lowest BCUT2D eigenvalue weighted by molar-refractivity contribution is -0.140. The molecule has 42 heavy (non-hydrogen) atoms. The van der Waals surface area contributed by atoms with Crippen molar-refractivity contribution in [2.45, 2.75) is 56.7 Å². The van der Waals surface area contributed by atoms with Gasteiger partial charge in [0.05, 0.1) is 6.54 Å². The molecule has 0 unspecified atom stereocenters. The van der Waals surface area contributed by atoms with Crippen molar-refractivity contribution in [2.75, 3.05) is 66.5 Å². The van der Waals surface area contributed by atoms with Crippen molar-refractivity contribution in [3.8, 4) is 5.75 Å². The molecular formula is C31H46N6O5. The van der Waals surface area contributed by atoms with E-state index in [1.54, 1.807) is 19.2 Å². The number of piperidine rings is 2. The van der Waals surface area contributed by atoms with E-state index >= 15 is 0 Å². The molecule has 4 fully saturated rings. The number of nitrogens with zero attached hydrogens (tertiary/aromatic N) is 4. The quantitative estimate of drug-likeness (QED) is 0.533. The molecule has 0 saturated carbocycles. The molecule has 11 heteroatoms. The third-order valence-corrected chi connectivity index (χ3v) is 9.58. The number of fused-ring (bicyclic) bond motifs is 3. The van der Waals surface area contributed by atoms with Crippen molar-refractivity contribution in [1.82, 2.24) is 30.2 Å². The fourth-order valence-corrected chi connectivity index (χ4v) is 7.06. The van der Waals surface area contributed by atoms with Crippen LogP contribution in [0.5, 0.6) is 5.75 Å². The molecule has 4 aliphatic heterocycles. The van der Waals surface area contributed by atoms with Crippen LogP contribution in [0.2, 0.25) is 0 Å². The summed E-state index contributed by atoms with van der Waals surface area (Å²) >= 11 is 0. The molecule has 4 heterocycles. The highest BCUT2D eigenvalue weighted by atomic mass is 16.5. The number of ether oxygens (including phenoxy) is 1. The van der Waals surface area contributed by atoms with Gasteiger partial charge in [0, 0.05) is 45.2 Å². The predicted octanol–water partition coefficient (Wildman–Crippen LogP) is 0.552. The molecule has 2 N–H and O–H groups in total. The molecule has 2 bridgehead atoms. The summed E-state index contributed by atoms with van der Waals surface area (Å²) in [5.41, 5.74) is 0. The van der Waals surface area contributed by atoms with Crippen molar-refractivity contribution in [3.63, 3.8) is 0 Å². The summed E-state index contributed by atoms with van der Waals surface area (Å²) in [6.45, 7) is 4.56. The summed E-state index contributed by atoms with van der Waals surface area (Å²) in [7, 11) is 3.85. The number of benzene rings is 1. The van der Waals surface area contributed by atoms with Gasteiger partial charge in [-0.1, -0.05) is 18.2 Å². The number of amides is 4. The third-order valence-electron chi connectivity index (χ3n) is 9.58. The molecule has 0 aromatic heterocycles. The van der Waals surface area contributed by atoms with E-state index in [0.29, 0.717) is 31.2 Å². The Kier molecular flexibility index (Phi) is 9.99. The zero-order valence-corrected chi connectivity index (χ0v) is 25.0. The van der Waals surface area contributed by atoms with Crippen molar-refractivity contribution in [1.29, 1.82) is 0 Å². The highest BCUT2D eigenvalue weighted by Gasteiger charge is 2.41. The van der Waals surface area contributed by atoms with Crippen LogP contribution in [0.1, 0.15) is 38.5 Å². The average molecular weight is 583 g/mol. The number of para-hydroxylation sites is 1. The largest absolute Gasteiger partial charge is 0.484 e. The number of likely N-dealkylation sites (tertiary alicyclic amines) is 3. The van der Waals surface area contributed by atoms with Gasteiger partial charge in [-0.05, 0) is 82.8 Å². The number of nitrogens with one attached hydrogen (secondary N) is 2. The molecule has 230 valence electrons. The van der Waals surface area contributed by atoms with Gasteiger partial charge >= 0.3 is 0 Å². The number of likely N-dealkylation sites (N-methyl/N-ethyl adjacent to an activating group) is 1. The fraction of sp³-hybridized carbons (Fsp3) is 0.677. The number of rotatable bonds is 4. The zero-order valence-electron chi connectivity index (χ0n) is 25.0. The highest BCUT2D eigenvalue weighted by molar-refractivity contribution is 5.89. The lowest BCUT2D eigenvalue weighted by Crippen LogP contribution is -2.51. The topological polar surface area (TPSA) is 115 Å². The highest BCUT2D eigenvalue weighted by Crippen LogP contribution is 2.32. The van der Waals surface area contributed by atoms with Crippen LogP contribution < -0.4 is 15.4 Å².